The molecule has 0 N–H and O–H groups in total. The van der Waals surface area contributed by atoms with E-state index < -0.39 is 10.0 Å². The van der Waals surface area contributed by atoms with Crippen LogP contribution in [0.1, 0.15) is 12.2 Å². The highest BCUT2D eigenvalue weighted by Crippen LogP contribution is 2.32. The molecule has 0 fully saturated rings. The van der Waals surface area contributed by atoms with Gasteiger partial charge in [-0.3, -0.25) is 0 Å². The average Bonchev–Trinajstić information content (AvgIpc) is 2.95. The molecule has 1 heterocycles. The van der Waals surface area contributed by atoms with Gasteiger partial charge in [0.2, 0.25) is 10.0 Å². The van der Waals surface area contributed by atoms with Crippen molar-refractivity contribution in [3.8, 4) is 6.07 Å². The lowest BCUT2D eigenvalue weighted by atomic mass is 10.4. The zero-order valence-electron chi connectivity index (χ0n) is 11.4. The normalized spacial score (nSPS) is 11.5. The summed E-state index contributed by atoms with van der Waals surface area (Å²) in [4.78, 5) is -0.164. The summed E-state index contributed by atoms with van der Waals surface area (Å²) in [7, 11) is -3.95. The van der Waals surface area contributed by atoms with E-state index in [1.807, 2.05) is 6.07 Å². The number of halogens is 2. The molecule has 0 spiro atoms. The molecule has 0 aliphatic heterocycles. The Morgan fingerprint density at radius 2 is 1.86 bits per heavy atom. The van der Waals surface area contributed by atoms with E-state index in [9.17, 15) is 8.42 Å². The van der Waals surface area contributed by atoms with Gasteiger partial charge in [-0.1, -0.05) is 29.3 Å². The second-order valence-corrected chi connectivity index (χ2v) is 7.07. The van der Waals surface area contributed by atoms with Crippen LogP contribution in [-0.2, 0) is 16.6 Å². The fourth-order valence-corrected chi connectivity index (χ4v) is 4.39. The Labute approximate surface area is 138 Å². The Hall–Kier alpha value is -1.52. The molecule has 0 unspecified atom stereocenters. The van der Waals surface area contributed by atoms with Crippen molar-refractivity contribution in [2.45, 2.75) is 17.9 Å². The zero-order chi connectivity index (χ0) is 16.2. The van der Waals surface area contributed by atoms with Crippen LogP contribution in [0.15, 0.2) is 45.9 Å². The van der Waals surface area contributed by atoms with Crippen LogP contribution in [0, 0.1) is 11.3 Å². The lowest BCUT2D eigenvalue weighted by molar-refractivity contribution is 0.368. The first-order chi connectivity index (χ1) is 10.5. The molecule has 2 aromatic rings. The molecule has 0 amide bonds. The van der Waals surface area contributed by atoms with Crippen molar-refractivity contribution in [1.82, 2.24) is 4.31 Å². The molecule has 0 bridgehead atoms. The molecular formula is C14H12Cl2N2O3S. The molecule has 0 radical (unpaired) electrons. The minimum atomic E-state index is -3.95. The molecule has 0 aliphatic carbocycles. The van der Waals surface area contributed by atoms with E-state index in [2.05, 4.69) is 0 Å². The summed E-state index contributed by atoms with van der Waals surface area (Å²) in [5, 5.41) is 8.81. The molecule has 1 aromatic carbocycles. The quantitative estimate of drug-likeness (QED) is 0.788. The van der Waals surface area contributed by atoms with E-state index in [0.29, 0.717) is 5.76 Å². The van der Waals surface area contributed by atoms with Crippen LogP contribution in [-0.4, -0.2) is 19.3 Å². The molecule has 0 aliphatic rings. The van der Waals surface area contributed by atoms with Crippen LogP contribution >= 0.6 is 23.2 Å². The van der Waals surface area contributed by atoms with Gasteiger partial charge in [0.25, 0.3) is 0 Å². The van der Waals surface area contributed by atoms with Crippen molar-refractivity contribution in [2.24, 2.45) is 0 Å². The van der Waals surface area contributed by atoms with Crippen molar-refractivity contribution >= 4 is 33.2 Å². The van der Waals surface area contributed by atoms with Crippen LogP contribution in [0.25, 0.3) is 0 Å². The second kappa shape index (κ2) is 7.16. The van der Waals surface area contributed by atoms with Crippen molar-refractivity contribution in [3.63, 3.8) is 0 Å². The van der Waals surface area contributed by atoms with E-state index >= 15 is 0 Å². The van der Waals surface area contributed by atoms with E-state index in [-0.39, 0.29) is 34.5 Å². The summed E-state index contributed by atoms with van der Waals surface area (Å²) in [6, 6.07) is 9.72. The van der Waals surface area contributed by atoms with Gasteiger partial charge in [0.05, 0.1) is 28.9 Å². The van der Waals surface area contributed by atoms with E-state index in [0.717, 1.165) is 4.31 Å². The first kappa shape index (κ1) is 16.8. The van der Waals surface area contributed by atoms with Gasteiger partial charge in [-0.25, -0.2) is 8.42 Å². The van der Waals surface area contributed by atoms with Crippen molar-refractivity contribution < 1.29 is 12.8 Å². The lowest BCUT2D eigenvalue weighted by Crippen LogP contribution is -2.31. The highest BCUT2D eigenvalue weighted by Gasteiger charge is 2.29. The maximum atomic E-state index is 12.8. The SMILES string of the molecule is N#CCCN(Cc1ccco1)S(=O)(=O)c1c(Cl)cccc1Cl. The molecule has 22 heavy (non-hydrogen) atoms. The van der Waals surface area contributed by atoms with Gasteiger partial charge in [-0.05, 0) is 24.3 Å². The molecular weight excluding hydrogens is 347 g/mol. The fraction of sp³-hybridized carbons (Fsp3) is 0.214. The zero-order valence-corrected chi connectivity index (χ0v) is 13.7. The third-order valence-corrected chi connectivity index (χ3v) is 5.70. The summed E-state index contributed by atoms with van der Waals surface area (Å²) in [6.07, 6.45) is 1.49. The van der Waals surface area contributed by atoms with Crippen molar-refractivity contribution in [2.75, 3.05) is 6.54 Å². The molecule has 5 nitrogen and oxygen atoms in total. The van der Waals surface area contributed by atoms with Gasteiger partial charge < -0.3 is 4.42 Å². The molecule has 0 atom stereocenters. The van der Waals surface area contributed by atoms with Gasteiger partial charge in [0, 0.05) is 13.0 Å². The number of furan rings is 1. The summed E-state index contributed by atoms with van der Waals surface area (Å²) in [5.41, 5.74) is 0. The maximum absolute atomic E-state index is 12.8. The number of benzene rings is 1. The number of nitriles is 1. The van der Waals surface area contributed by atoms with Crippen LogP contribution in [0.5, 0.6) is 0 Å². The molecule has 8 heteroatoms. The van der Waals surface area contributed by atoms with Crippen molar-refractivity contribution in [3.05, 3.63) is 52.4 Å². The van der Waals surface area contributed by atoms with E-state index in [1.165, 1.54) is 18.4 Å². The highest BCUT2D eigenvalue weighted by atomic mass is 35.5. The predicted octanol–water partition coefficient (Wildman–Crippen LogP) is 3.69. The lowest BCUT2D eigenvalue weighted by Gasteiger charge is -2.21. The molecule has 0 saturated heterocycles. The Morgan fingerprint density at radius 1 is 1.18 bits per heavy atom. The minimum Gasteiger partial charge on any atom is -0.468 e. The van der Waals surface area contributed by atoms with Crippen LogP contribution in [0.3, 0.4) is 0 Å². The fourth-order valence-electron chi connectivity index (χ4n) is 1.89. The molecule has 0 saturated carbocycles. The first-order valence-electron chi connectivity index (χ1n) is 6.30. The predicted molar refractivity (Wildman–Crippen MR) is 83.0 cm³/mol. The average molecular weight is 359 g/mol. The monoisotopic (exact) mass is 358 g/mol. The minimum absolute atomic E-state index is 0.00142. The number of hydrogen-bond donors (Lipinski definition) is 0. The van der Waals surface area contributed by atoms with Gasteiger partial charge in [0.15, 0.2) is 0 Å². The topological polar surface area (TPSA) is 74.3 Å². The Kier molecular flexibility index (Phi) is 5.48. The Bertz CT molecular complexity index is 763. The number of hydrogen-bond acceptors (Lipinski definition) is 4. The van der Waals surface area contributed by atoms with Crippen LogP contribution in [0.4, 0.5) is 0 Å². The van der Waals surface area contributed by atoms with Gasteiger partial charge >= 0.3 is 0 Å². The van der Waals surface area contributed by atoms with Gasteiger partial charge in [0.1, 0.15) is 10.7 Å². The van der Waals surface area contributed by atoms with Gasteiger partial charge in [-0.2, -0.15) is 9.57 Å². The standard InChI is InChI=1S/C14H12Cl2N2O3S/c15-12-5-1-6-13(16)14(12)22(19,20)18(8-3-7-17)10-11-4-2-9-21-11/h1-2,4-6,9H,3,8,10H2. The third-order valence-electron chi connectivity index (χ3n) is 2.90. The van der Waals surface area contributed by atoms with Crippen LogP contribution < -0.4 is 0 Å². The maximum Gasteiger partial charge on any atom is 0.246 e. The number of rotatable bonds is 6. The largest absolute Gasteiger partial charge is 0.468 e. The molecule has 1 aromatic heterocycles. The highest BCUT2D eigenvalue weighted by molar-refractivity contribution is 7.89. The Balaban J connectivity index is 2.42. The van der Waals surface area contributed by atoms with E-state index in [1.54, 1.807) is 18.2 Å². The smallest absolute Gasteiger partial charge is 0.246 e. The molecule has 116 valence electrons. The number of sulfonamides is 1. The first-order valence-corrected chi connectivity index (χ1v) is 8.50. The summed E-state index contributed by atoms with van der Waals surface area (Å²) >= 11 is 12.0. The van der Waals surface area contributed by atoms with Gasteiger partial charge in [-0.15, -0.1) is 0 Å². The second-order valence-electron chi connectivity index (χ2n) is 4.38. The third kappa shape index (κ3) is 3.62. The summed E-state index contributed by atoms with van der Waals surface area (Å²) in [5.74, 6) is 0.463. The summed E-state index contributed by atoms with van der Waals surface area (Å²) in [6.45, 7) is 0.0135. The van der Waals surface area contributed by atoms with Crippen LogP contribution in [0.2, 0.25) is 10.0 Å². The summed E-state index contributed by atoms with van der Waals surface area (Å²) < 4.78 is 31.9. The van der Waals surface area contributed by atoms with Crippen molar-refractivity contribution in [1.29, 1.82) is 5.26 Å². The molecule has 2 rings (SSSR count). The Morgan fingerprint density at radius 3 is 2.41 bits per heavy atom. The van der Waals surface area contributed by atoms with E-state index in [4.69, 9.17) is 32.9 Å². The number of nitrogens with zero attached hydrogens (tertiary/aromatic N) is 2.